The maximum absolute atomic E-state index is 12.4. The molecule has 5 heteroatoms. The van der Waals surface area contributed by atoms with Crippen molar-refractivity contribution in [1.29, 1.82) is 0 Å². The number of aryl methyl sites for hydroxylation is 2. The molecule has 2 heterocycles. The van der Waals surface area contributed by atoms with E-state index in [2.05, 4.69) is 5.16 Å². The fourth-order valence-corrected chi connectivity index (χ4v) is 2.53. The predicted molar refractivity (Wildman–Crippen MR) is 66.3 cm³/mol. The summed E-state index contributed by atoms with van der Waals surface area (Å²) in [4.78, 5) is 14.3. The van der Waals surface area contributed by atoms with Gasteiger partial charge in [-0.25, -0.2) is 0 Å². The lowest BCUT2D eigenvalue weighted by Gasteiger charge is -2.16. The Morgan fingerprint density at radius 1 is 1.61 bits per heavy atom. The Balaban J connectivity index is 2.10. The van der Waals surface area contributed by atoms with Crippen molar-refractivity contribution in [2.24, 2.45) is 5.92 Å². The molecule has 0 aliphatic carbocycles. The van der Waals surface area contributed by atoms with E-state index in [9.17, 15) is 4.79 Å². The highest BCUT2D eigenvalue weighted by Gasteiger charge is 2.30. The molecular formula is C13H20N2O3. The zero-order chi connectivity index (χ0) is 13.1. The monoisotopic (exact) mass is 252 g/mol. The summed E-state index contributed by atoms with van der Waals surface area (Å²) < 4.78 is 5.10. The van der Waals surface area contributed by atoms with Gasteiger partial charge in [-0.1, -0.05) is 12.1 Å². The summed E-state index contributed by atoms with van der Waals surface area (Å²) in [6.07, 6.45) is 2.44. The molecule has 1 atom stereocenters. The van der Waals surface area contributed by atoms with Gasteiger partial charge in [0, 0.05) is 19.7 Å². The van der Waals surface area contributed by atoms with E-state index in [1.807, 2.05) is 11.8 Å². The highest BCUT2D eigenvalue weighted by molar-refractivity contribution is 5.96. The minimum absolute atomic E-state index is 0.0195. The largest absolute Gasteiger partial charge is 0.396 e. The summed E-state index contributed by atoms with van der Waals surface area (Å²) in [7, 11) is 0. The molecule has 18 heavy (non-hydrogen) atoms. The summed E-state index contributed by atoms with van der Waals surface area (Å²) in [6.45, 7) is 5.43. The Morgan fingerprint density at radius 3 is 3.06 bits per heavy atom. The number of likely N-dealkylation sites (tertiary alicyclic amines) is 1. The van der Waals surface area contributed by atoms with Crippen LogP contribution in [0.1, 0.15) is 41.6 Å². The molecule has 1 unspecified atom stereocenters. The molecule has 1 fully saturated rings. The summed E-state index contributed by atoms with van der Waals surface area (Å²) in [5.41, 5.74) is 1.37. The quantitative estimate of drug-likeness (QED) is 0.879. The van der Waals surface area contributed by atoms with Gasteiger partial charge in [0.1, 0.15) is 11.3 Å². The molecule has 5 nitrogen and oxygen atoms in total. The lowest BCUT2D eigenvalue weighted by Crippen LogP contribution is -2.29. The number of nitrogens with zero attached hydrogens (tertiary/aromatic N) is 2. The van der Waals surface area contributed by atoms with Crippen LogP contribution in [-0.4, -0.2) is 40.8 Å². The van der Waals surface area contributed by atoms with Gasteiger partial charge in [0.2, 0.25) is 0 Å². The van der Waals surface area contributed by atoms with Crippen molar-refractivity contribution in [1.82, 2.24) is 10.1 Å². The number of rotatable bonds is 4. The zero-order valence-corrected chi connectivity index (χ0v) is 11.0. The first-order valence-electron chi connectivity index (χ1n) is 6.52. The average molecular weight is 252 g/mol. The van der Waals surface area contributed by atoms with E-state index in [1.54, 1.807) is 6.92 Å². The third-order valence-electron chi connectivity index (χ3n) is 3.59. The number of hydrogen-bond acceptors (Lipinski definition) is 4. The summed E-state index contributed by atoms with van der Waals surface area (Å²) in [5, 5.41) is 12.9. The molecule has 0 radical (unpaired) electrons. The van der Waals surface area contributed by atoms with E-state index < -0.39 is 0 Å². The highest BCUT2D eigenvalue weighted by Crippen LogP contribution is 2.23. The lowest BCUT2D eigenvalue weighted by molar-refractivity contribution is 0.0782. The van der Waals surface area contributed by atoms with Crippen LogP contribution in [0, 0.1) is 12.8 Å². The van der Waals surface area contributed by atoms with Gasteiger partial charge >= 0.3 is 0 Å². The average Bonchev–Trinajstić information content (AvgIpc) is 2.95. The fourth-order valence-electron chi connectivity index (χ4n) is 2.53. The molecular weight excluding hydrogens is 232 g/mol. The smallest absolute Gasteiger partial charge is 0.259 e. The molecule has 1 N–H and O–H groups in total. The highest BCUT2D eigenvalue weighted by atomic mass is 16.5. The Bertz CT molecular complexity index is 428. The summed E-state index contributed by atoms with van der Waals surface area (Å²) in [5.74, 6) is 1.04. The van der Waals surface area contributed by atoms with Crippen LogP contribution in [0.2, 0.25) is 0 Å². The number of carbonyl (C=O) groups excluding carboxylic acids is 1. The third-order valence-corrected chi connectivity index (χ3v) is 3.59. The minimum atomic E-state index is 0.0195. The first-order chi connectivity index (χ1) is 8.67. The van der Waals surface area contributed by atoms with Crippen molar-refractivity contribution < 1.29 is 14.4 Å². The topological polar surface area (TPSA) is 66.6 Å². The Kier molecular flexibility index (Phi) is 4.01. The van der Waals surface area contributed by atoms with Crippen LogP contribution in [0.15, 0.2) is 4.52 Å². The molecule has 2 rings (SSSR count). The molecule has 1 aromatic heterocycles. The van der Waals surface area contributed by atoms with Crippen molar-refractivity contribution in [3.63, 3.8) is 0 Å². The van der Waals surface area contributed by atoms with Gasteiger partial charge in [-0.3, -0.25) is 4.79 Å². The van der Waals surface area contributed by atoms with Crippen LogP contribution in [-0.2, 0) is 6.42 Å². The van der Waals surface area contributed by atoms with Gasteiger partial charge in [0.25, 0.3) is 5.91 Å². The van der Waals surface area contributed by atoms with Crippen LogP contribution in [0.3, 0.4) is 0 Å². The van der Waals surface area contributed by atoms with Crippen molar-refractivity contribution in [3.8, 4) is 0 Å². The first kappa shape index (κ1) is 13.1. The van der Waals surface area contributed by atoms with Gasteiger partial charge in [-0.2, -0.15) is 0 Å². The third kappa shape index (κ3) is 2.41. The van der Waals surface area contributed by atoms with E-state index in [0.717, 1.165) is 31.6 Å². The molecule has 1 aromatic rings. The van der Waals surface area contributed by atoms with Gasteiger partial charge in [-0.05, 0) is 32.1 Å². The number of amides is 1. The number of carbonyl (C=O) groups is 1. The van der Waals surface area contributed by atoms with Gasteiger partial charge in [0.05, 0.1) is 5.69 Å². The molecule has 0 spiro atoms. The molecule has 0 saturated carbocycles. The van der Waals surface area contributed by atoms with E-state index in [0.29, 0.717) is 23.7 Å². The van der Waals surface area contributed by atoms with Crippen molar-refractivity contribution >= 4 is 5.91 Å². The maximum Gasteiger partial charge on any atom is 0.259 e. The SMILES string of the molecule is CCc1noc(C)c1C(=O)N1CCC(CCO)C1. The number of aliphatic hydroxyl groups is 1. The second-order valence-corrected chi connectivity index (χ2v) is 4.83. The molecule has 1 aliphatic rings. The number of hydrogen-bond donors (Lipinski definition) is 1. The molecule has 0 bridgehead atoms. The Morgan fingerprint density at radius 2 is 2.39 bits per heavy atom. The van der Waals surface area contributed by atoms with Gasteiger partial charge in [-0.15, -0.1) is 0 Å². The molecule has 1 saturated heterocycles. The first-order valence-corrected chi connectivity index (χ1v) is 6.52. The van der Waals surface area contributed by atoms with Crippen LogP contribution in [0.25, 0.3) is 0 Å². The van der Waals surface area contributed by atoms with Crippen molar-refractivity contribution in [2.75, 3.05) is 19.7 Å². The summed E-state index contributed by atoms with van der Waals surface area (Å²) >= 11 is 0. The predicted octanol–water partition coefficient (Wildman–Crippen LogP) is 1.39. The van der Waals surface area contributed by atoms with E-state index >= 15 is 0 Å². The number of aliphatic hydroxyl groups excluding tert-OH is 1. The van der Waals surface area contributed by atoms with Crippen LogP contribution in [0.5, 0.6) is 0 Å². The van der Waals surface area contributed by atoms with Crippen LogP contribution >= 0.6 is 0 Å². The van der Waals surface area contributed by atoms with Crippen molar-refractivity contribution in [3.05, 3.63) is 17.0 Å². The minimum Gasteiger partial charge on any atom is -0.396 e. The fraction of sp³-hybridized carbons (Fsp3) is 0.692. The van der Waals surface area contributed by atoms with E-state index in [-0.39, 0.29) is 12.5 Å². The maximum atomic E-state index is 12.4. The zero-order valence-electron chi connectivity index (χ0n) is 11.0. The van der Waals surface area contributed by atoms with Crippen LogP contribution in [0.4, 0.5) is 0 Å². The second-order valence-electron chi connectivity index (χ2n) is 4.83. The number of aromatic nitrogens is 1. The van der Waals surface area contributed by atoms with E-state index in [4.69, 9.17) is 9.63 Å². The standard InChI is InChI=1S/C13H20N2O3/c1-3-11-12(9(2)18-14-11)13(17)15-6-4-10(8-15)5-7-16/h10,16H,3-8H2,1-2H3. The molecule has 1 amide bonds. The lowest BCUT2D eigenvalue weighted by atomic mass is 10.1. The van der Waals surface area contributed by atoms with E-state index in [1.165, 1.54) is 0 Å². The molecule has 100 valence electrons. The Hall–Kier alpha value is -1.36. The van der Waals surface area contributed by atoms with Gasteiger partial charge < -0.3 is 14.5 Å². The summed E-state index contributed by atoms with van der Waals surface area (Å²) in [6, 6.07) is 0. The second kappa shape index (κ2) is 5.52. The van der Waals surface area contributed by atoms with Crippen molar-refractivity contribution in [2.45, 2.75) is 33.1 Å². The Labute approximate surface area is 107 Å². The molecule has 1 aliphatic heterocycles. The van der Waals surface area contributed by atoms with Crippen LogP contribution < -0.4 is 0 Å². The molecule has 0 aromatic carbocycles. The normalized spacial score (nSPS) is 19.5. The van der Waals surface area contributed by atoms with Gasteiger partial charge in [0.15, 0.2) is 0 Å².